The van der Waals surface area contributed by atoms with Crippen LogP contribution in [0.4, 0.5) is 47.2 Å². The first kappa shape index (κ1) is 41.6. The number of rotatable bonds is 11. The summed E-state index contributed by atoms with van der Waals surface area (Å²) in [5.74, 6) is -0.551. The highest BCUT2D eigenvalue weighted by Gasteiger charge is 2.44. The van der Waals surface area contributed by atoms with Gasteiger partial charge in [0, 0.05) is 31.6 Å². The molecule has 0 unspecified atom stereocenters. The Morgan fingerprint density at radius 1 is 0.900 bits per heavy atom. The smallest absolute Gasteiger partial charge is 0.422 e. The largest absolute Gasteiger partial charge is 0.497 e. The second-order valence-corrected chi connectivity index (χ2v) is 14.4. The number of fused-ring (bicyclic) bond motifs is 3. The summed E-state index contributed by atoms with van der Waals surface area (Å²) in [4.78, 5) is 29.0. The van der Waals surface area contributed by atoms with Crippen molar-refractivity contribution in [1.82, 2.24) is 19.9 Å². The molecule has 2 fully saturated rings. The standard InChI is InChI=1S/C41H36F7N7O5/c1-22-14-31(53(17-23-4-10-28(58-2)11-5-23)18-24-6-12-29(59-3)13-7-24)50-36(33(22)41(46,47)48)32-25(16-49)15-30-35(34(32)42)51-38(60-21-40(43,44)45)52-37(30)54-19-26-8-9-27(20-54)55(26)39(56)57/h4-7,10-15,26-27H,8-9,17-21H2,1-3H3,(H,56,57)/t26-,27+. The van der Waals surface area contributed by atoms with Gasteiger partial charge in [-0.1, -0.05) is 24.3 Å². The number of piperazine rings is 1. The first-order chi connectivity index (χ1) is 28.5. The van der Waals surface area contributed by atoms with Crippen molar-refractivity contribution in [2.75, 3.05) is 43.7 Å². The fraction of sp³-hybridized carbons (Fsp3) is 0.341. The van der Waals surface area contributed by atoms with Gasteiger partial charge in [0.05, 0.1) is 54.8 Å². The molecule has 0 spiro atoms. The van der Waals surface area contributed by atoms with Crippen molar-refractivity contribution in [3.63, 3.8) is 0 Å². The van der Waals surface area contributed by atoms with E-state index >= 15 is 17.6 Å². The van der Waals surface area contributed by atoms with Crippen molar-refractivity contribution >= 4 is 28.6 Å². The van der Waals surface area contributed by atoms with Crippen molar-refractivity contribution in [3.8, 4) is 34.8 Å². The Labute approximate surface area is 338 Å². The average Bonchev–Trinajstić information content (AvgIpc) is 3.48. The summed E-state index contributed by atoms with van der Waals surface area (Å²) in [6.07, 6.45) is -10.2. The molecule has 60 heavy (non-hydrogen) atoms. The first-order valence-electron chi connectivity index (χ1n) is 18.5. The number of aromatic nitrogens is 3. The number of alkyl halides is 6. The molecule has 0 aliphatic carbocycles. The van der Waals surface area contributed by atoms with Crippen LogP contribution in [-0.2, 0) is 19.3 Å². The third-order valence-corrected chi connectivity index (χ3v) is 10.5. The molecular weight excluding hydrogens is 803 g/mol. The van der Waals surface area contributed by atoms with Gasteiger partial charge in [-0.05, 0) is 72.9 Å². The SMILES string of the molecule is COc1ccc(CN(Cc2ccc(OC)cc2)c2cc(C)c(C(F)(F)F)c(-c3c(C#N)cc4c(N5C[C@H]6CC[C@@H](C5)N6C(=O)O)nc(OCC(F)(F)F)nc4c3F)n2)cc1. The van der Waals surface area contributed by atoms with Gasteiger partial charge in [0.25, 0.3) is 0 Å². The number of benzene rings is 3. The number of pyridine rings is 1. The Balaban J connectivity index is 1.42. The Morgan fingerprint density at radius 2 is 1.47 bits per heavy atom. The van der Waals surface area contributed by atoms with Crippen molar-refractivity contribution in [1.29, 1.82) is 5.26 Å². The van der Waals surface area contributed by atoms with Gasteiger partial charge in [0.15, 0.2) is 12.4 Å². The van der Waals surface area contributed by atoms with Gasteiger partial charge >= 0.3 is 24.5 Å². The molecule has 2 aromatic heterocycles. The molecule has 0 saturated carbocycles. The van der Waals surface area contributed by atoms with E-state index in [4.69, 9.17) is 14.2 Å². The molecule has 1 amide bonds. The van der Waals surface area contributed by atoms with Crippen LogP contribution in [0.3, 0.4) is 0 Å². The van der Waals surface area contributed by atoms with Crippen LogP contribution >= 0.6 is 0 Å². The molecule has 3 aromatic carbocycles. The quantitative estimate of drug-likeness (QED) is 0.128. The lowest BCUT2D eigenvalue weighted by Gasteiger charge is -2.40. The number of hydrogen-bond donors (Lipinski definition) is 1. The van der Waals surface area contributed by atoms with E-state index in [0.717, 1.165) is 6.07 Å². The van der Waals surface area contributed by atoms with Crippen molar-refractivity contribution in [2.24, 2.45) is 0 Å². The normalized spacial score (nSPS) is 16.5. The summed E-state index contributed by atoms with van der Waals surface area (Å²) in [5.41, 5.74) is -3.44. The van der Waals surface area contributed by atoms with E-state index in [0.29, 0.717) is 35.5 Å². The van der Waals surface area contributed by atoms with E-state index in [1.54, 1.807) is 59.5 Å². The zero-order valence-corrected chi connectivity index (χ0v) is 32.2. The number of anilines is 2. The molecule has 2 aliphatic heterocycles. The van der Waals surface area contributed by atoms with E-state index in [2.05, 4.69) is 15.0 Å². The van der Waals surface area contributed by atoms with Gasteiger partial charge in [0.2, 0.25) is 0 Å². The van der Waals surface area contributed by atoms with Gasteiger partial charge in [-0.25, -0.2) is 14.2 Å². The number of hydrogen-bond acceptors (Lipinski definition) is 10. The molecule has 2 bridgehead atoms. The Hall–Kier alpha value is -6.58. The van der Waals surface area contributed by atoms with Crippen LogP contribution in [-0.4, -0.2) is 83.2 Å². The molecule has 2 saturated heterocycles. The molecule has 2 aliphatic rings. The van der Waals surface area contributed by atoms with E-state index in [-0.39, 0.29) is 48.8 Å². The number of carboxylic acid groups (broad SMARTS) is 1. The van der Waals surface area contributed by atoms with E-state index in [9.17, 15) is 28.3 Å². The minimum Gasteiger partial charge on any atom is -0.497 e. The summed E-state index contributed by atoms with van der Waals surface area (Å²) in [6.45, 7) is -0.496. The fourth-order valence-electron chi connectivity index (χ4n) is 7.83. The van der Waals surface area contributed by atoms with Crippen LogP contribution in [0, 0.1) is 24.1 Å². The number of carbonyl (C=O) groups is 1. The maximum atomic E-state index is 17.3. The number of methoxy groups -OCH3 is 2. The summed E-state index contributed by atoms with van der Waals surface area (Å²) in [7, 11) is 3.00. The van der Waals surface area contributed by atoms with Crippen LogP contribution in [0.5, 0.6) is 17.5 Å². The van der Waals surface area contributed by atoms with E-state index < -0.39 is 76.9 Å². The number of halogens is 7. The van der Waals surface area contributed by atoms with Crippen molar-refractivity contribution < 1.29 is 54.8 Å². The van der Waals surface area contributed by atoms with Crippen molar-refractivity contribution in [3.05, 3.63) is 94.3 Å². The summed E-state index contributed by atoms with van der Waals surface area (Å²) < 4.78 is 118. The number of ether oxygens (including phenoxy) is 3. The maximum absolute atomic E-state index is 17.3. The molecule has 7 rings (SSSR count). The summed E-state index contributed by atoms with van der Waals surface area (Å²) in [6, 6.07) is 15.9. The van der Waals surface area contributed by atoms with Crippen LogP contribution in [0.25, 0.3) is 22.2 Å². The van der Waals surface area contributed by atoms with Crippen LogP contribution in [0.2, 0.25) is 0 Å². The van der Waals surface area contributed by atoms with E-state index in [1.165, 1.54) is 37.0 Å². The zero-order chi connectivity index (χ0) is 43.1. The fourth-order valence-corrected chi connectivity index (χ4v) is 7.83. The molecule has 1 N–H and O–H groups in total. The van der Waals surface area contributed by atoms with Crippen LogP contribution < -0.4 is 24.0 Å². The highest BCUT2D eigenvalue weighted by atomic mass is 19.4. The summed E-state index contributed by atoms with van der Waals surface area (Å²) in [5, 5.41) is 20.0. The van der Waals surface area contributed by atoms with Gasteiger partial charge in [-0.2, -0.15) is 41.6 Å². The lowest BCUT2D eigenvalue weighted by atomic mass is 9.95. The topological polar surface area (TPSA) is 137 Å². The van der Waals surface area contributed by atoms with Gasteiger partial charge in [-0.15, -0.1) is 0 Å². The number of nitrogens with zero attached hydrogens (tertiary/aromatic N) is 7. The number of aryl methyl sites for hydroxylation is 1. The lowest BCUT2D eigenvalue weighted by Crippen LogP contribution is -2.55. The average molecular weight is 840 g/mol. The maximum Gasteiger partial charge on any atom is 0.422 e. The minimum absolute atomic E-state index is 0.00186. The third-order valence-electron chi connectivity index (χ3n) is 10.5. The number of nitriles is 1. The Kier molecular flexibility index (Phi) is 11.2. The minimum atomic E-state index is -5.13. The molecule has 2 atom stereocenters. The zero-order valence-electron chi connectivity index (χ0n) is 32.2. The number of amides is 1. The predicted octanol–water partition coefficient (Wildman–Crippen LogP) is 8.53. The summed E-state index contributed by atoms with van der Waals surface area (Å²) >= 11 is 0. The molecular formula is C41H36F7N7O5. The molecule has 12 nitrogen and oxygen atoms in total. The van der Waals surface area contributed by atoms with Gasteiger partial charge in [0.1, 0.15) is 28.7 Å². The Morgan fingerprint density at radius 3 is 1.95 bits per heavy atom. The van der Waals surface area contributed by atoms with Crippen LogP contribution in [0.15, 0.2) is 60.7 Å². The molecule has 5 aromatic rings. The Bertz CT molecular complexity index is 2400. The third kappa shape index (κ3) is 8.44. The molecule has 4 heterocycles. The van der Waals surface area contributed by atoms with E-state index in [1.807, 2.05) is 0 Å². The first-order valence-corrected chi connectivity index (χ1v) is 18.5. The van der Waals surface area contributed by atoms with Crippen LogP contribution in [0.1, 0.15) is 40.7 Å². The highest BCUT2D eigenvalue weighted by molar-refractivity contribution is 5.96. The lowest BCUT2D eigenvalue weighted by molar-refractivity contribution is -0.154. The molecule has 19 heteroatoms. The molecule has 0 radical (unpaired) electrons. The molecule has 314 valence electrons. The van der Waals surface area contributed by atoms with Gasteiger partial charge in [-0.3, -0.25) is 4.90 Å². The second kappa shape index (κ2) is 16.2. The highest BCUT2D eigenvalue weighted by Crippen LogP contribution is 2.45. The monoisotopic (exact) mass is 839 g/mol. The predicted molar refractivity (Wildman–Crippen MR) is 203 cm³/mol. The second-order valence-electron chi connectivity index (χ2n) is 14.4. The van der Waals surface area contributed by atoms with Crippen molar-refractivity contribution in [2.45, 2.75) is 57.3 Å². The van der Waals surface area contributed by atoms with Gasteiger partial charge < -0.3 is 29.1 Å².